The Labute approximate surface area is 170 Å². The lowest BCUT2D eigenvalue weighted by Crippen LogP contribution is -2.16. The number of aliphatic hydroxyl groups excluding tert-OH is 1. The zero-order valence-corrected chi connectivity index (χ0v) is 17.4. The van der Waals surface area contributed by atoms with E-state index in [1.165, 1.54) is 0 Å². The van der Waals surface area contributed by atoms with E-state index in [-0.39, 0.29) is 19.0 Å². The van der Waals surface area contributed by atoms with Gasteiger partial charge in [-0.2, -0.15) is 0 Å². The summed E-state index contributed by atoms with van der Waals surface area (Å²) < 4.78 is 12.5. The summed E-state index contributed by atoms with van der Waals surface area (Å²) in [5.41, 5.74) is 2.18. The van der Waals surface area contributed by atoms with Crippen molar-refractivity contribution in [1.82, 2.24) is 5.32 Å². The Balaban J connectivity index is 0.00000338. The van der Waals surface area contributed by atoms with Crippen molar-refractivity contribution in [3.05, 3.63) is 58.1 Å². The van der Waals surface area contributed by atoms with Crippen LogP contribution in [-0.2, 0) is 13.2 Å². The molecule has 0 amide bonds. The summed E-state index contributed by atoms with van der Waals surface area (Å²) >= 11 is 3.54. The van der Waals surface area contributed by atoms with Gasteiger partial charge in [-0.25, -0.2) is 0 Å². The molecule has 0 spiro atoms. The van der Waals surface area contributed by atoms with Crippen molar-refractivity contribution in [1.29, 1.82) is 0 Å². The van der Waals surface area contributed by atoms with E-state index in [1.807, 2.05) is 36.4 Å². The van der Waals surface area contributed by atoms with Crippen molar-refractivity contribution in [2.75, 3.05) is 20.3 Å². The average molecular weight is 445 g/mol. The summed E-state index contributed by atoms with van der Waals surface area (Å²) in [6.07, 6.45) is 2.94. The van der Waals surface area contributed by atoms with Crippen LogP contribution in [0.2, 0.25) is 0 Å². The maximum Gasteiger partial charge on any atom is 0.166 e. The van der Waals surface area contributed by atoms with Crippen LogP contribution >= 0.6 is 28.3 Å². The molecule has 0 unspecified atom stereocenters. The van der Waals surface area contributed by atoms with Crippen molar-refractivity contribution in [3.63, 3.8) is 0 Å². The van der Waals surface area contributed by atoms with E-state index in [0.29, 0.717) is 13.2 Å². The number of benzene rings is 2. The number of rotatable bonds is 11. The van der Waals surface area contributed by atoms with Crippen LogP contribution in [0.4, 0.5) is 0 Å². The Kier molecular flexibility index (Phi) is 11.4. The Morgan fingerprint density at radius 1 is 1.08 bits per heavy atom. The molecule has 0 aromatic heterocycles. The van der Waals surface area contributed by atoms with Gasteiger partial charge in [-0.05, 0) is 43.5 Å². The van der Waals surface area contributed by atoms with Gasteiger partial charge in [0, 0.05) is 23.2 Å². The Morgan fingerprint density at radius 3 is 2.54 bits per heavy atom. The molecule has 2 aromatic carbocycles. The first-order chi connectivity index (χ1) is 12.2. The molecular weight excluding hydrogens is 418 g/mol. The van der Waals surface area contributed by atoms with Crippen LogP contribution < -0.4 is 14.8 Å². The van der Waals surface area contributed by atoms with E-state index >= 15 is 0 Å². The molecular formula is C20H27BrClNO3. The van der Waals surface area contributed by atoms with Crippen LogP contribution in [-0.4, -0.2) is 25.4 Å². The van der Waals surface area contributed by atoms with Gasteiger partial charge in [-0.15, -0.1) is 12.4 Å². The van der Waals surface area contributed by atoms with E-state index in [2.05, 4.69) is 27.3 Å². The highest BCUT2D eigenvalue weighted by Gasteiger charge is 2.13. The number of methoxy groups -OCH3 is 1. The molecule has 0 saturated carbocycles. The van der Waals surface area contributed by atoms with E-state index in [9.17, 15) is 0 Å². The maximum atomic E-state index is 8.82. The number of unbranched alkanes of at least 4 members (excludes halogenated alkanes) is 2. The molecule has 2 aromatic rings. The third kappa shape index (κ3) is 7.54. The molecule has 4 nitrogen and oxygen atoms in total. The number of aliphatic hydroxyl groups is 1. The standard InChI is InChI=1S/C20H26BrNO3.ClH/c1-24-19-13-18(21)12-17(14-22-10-6-3-7-11-23)20(19)25-15-16-8-4-2-5-9-16;/h2,4-5,8-9,12-13,22-23H,3,6-7,10-11,14-15H2,1H3;1H. The summed E-state index contributed by atoms with van der Waals surface area (Å²) in [5, 5.41) is 12.3. The lowest BCUT2D eigenvalue weighted by Gasteiger charge is -2.16. The van der Waals surface area contributed by atoms with Crippen LogP contribution in [0.5, 0.6) is 11.5 Å². The van der Waals surface area contributed by atoms with E-state index < -0.39 is 0 Å². The number of halogens is 2. The van der Waals surface area contributed by atoms with Crippen LogP contribution in [0.25, 0.3) is 0 Å². The number of nitrogens with one attached hydrogen (secondary N) is 1. The average Bonchev–Trinajstić information content (AvgIpc) is 2.64. The van der Waals surface area contributed by atoms with Crippen molar-refractivity contribution in [2.24, 2.45) is 0 Å². The molecule has 6 heteroatoms. The van der Waals surface area contributed by atoms with Gasteiger partial charge >= 0.3 is 0 Å². The summed E-state index contributed by atoms with van der Waals surface area (Å²) in [5.74, 6) is 1.50. The quantitative estimate of drug-likeness (QED) is 0.493. The maximum absolute atomic E-state index is 8.82. The molecule has 26 heavy (non-hydrogen) atoms. The van der Waals surface area contributed by atoms with Gasteiger partial charge in [0.15, 0.2) is 11.5 Å². The van der Waals surface area contributed by atoms with Crippen molar-refractivity contribution in [2.45, 2.75) is 32.4 Å². The van der Waals surface area contributed by atoms with Crippen LogP contribution in [0.3, 0.4) is 0 Å². The molecule has 2 N–H and O–H groups in total. The van der Waals surface area contributed by atoms with Crippen molar-refractivity contribution in [3.8, 4) is 11.5 Å². The normalized spacial score (nSPS) is 10.3. The molecule has 0 heterocycles. The number of hydrogen-bond acceptors (Lipinski definition) is 4. The van der Waals surface area contributed by atoms with Gasteiger partial charge in [0.1, 0.15) is 6.61 Å². The molecule has 2 rings (SSSR count). The topological polar surface area (TPSA) is 50.7 Å². The predicted molar refractivity (Wildman–Crippen MR) is 111 cm³/mol. The first-order valence-corrected chi connectivity index (χ1v) is 9.38. The second-order valence-corrected chi connectivity index (χ2v) is 6.75. The van der Waals surface area contributed by atoms with Gasteiger partial charge in [0.05, 0.1) is 7.11 Å². The fourth-order valence-electron chi connectivity index (χ4n) is 2.56. The molecule has 144 valence electrons. The van der Waals surface area contributed by atoms with Crippen LogP contribution in [0.15, 0.2) is 46.9 Å². The number of hydrogen-bond donors (Lipinski definition) is 2. The SMILES string of the molecule is COc1cc(Br)cc(CNCCCCCO)c1OCc1ccccc1.Cl. The first-order valence-electron chi connectivity index (χ1n) is 8.59. The van der Waals surface area contributed by atoms with Gasteiger partial charge < -0.3 is 19.9 Å². The molecule has 0 atom stereocenters. The summed E-state index contributed by atoms with van der Waals surface area (Å²) in [6.45, 7) is 2.38. The summed E-state index contributed by atoms with van der Waals surface area (Å²) in [7, 11) is 1.66. The third-order valence-corrected chi connectivity index (χ3v) is 4.33. The molecule has 0 aliphatic rings. The van der Waals surface area contributed by atoms with Gasteiger partial charge in [-0.3, -0.25) is 0 Å². The van der Waals surface area contributed by atoms with Crippen LogP contribution in [0, 0.1) is 0 Å². The Morgan fingerprint density at radius 2 is 1.85 bits per heavy atom. The predicted octanol–water partition coefficient (Wildman–Crippen LogP) is 4.71. The minimum absolute atomic E-state index is 0. The largest absolute Gasteiger partial charge is 0.493 e. The van der Waals surface area contributed by atoms with Gasteiger partial charge in [0.2, 0.25) is 0 Å². The van der Waals surface area contributed by atoms with E-state index in [1.54, 1.807) is 7.11 Å². The molecule has 0 bridgehead atoms. The lowest BCUT2D eigenvalue weighted by molar-refractivity contribution is 0.279. The first kappa shape index (κ1) is 22.8. The van der Waals surface area contributed by atoms with Gasteiger partial charge in [-0.1, -0.05) is 46.3 Å². The summed E-state index contributed by atoms with van der Waals surface area (Å²) in [4.78, 5) is 0. The minimum atomic E-state index is 0. The highest BCUT2D eigenvalue weighted by molar-refractivity contribution is 9.10. The fourth-order valence-corrected chi connectivity index (χ4v) is 3.05. The third-order valence-electron chi connectivity index (χ3n) is 3.87. The zero-order chi connectivity index (χ0) is 17.9. The lowest BCUT2D eigenvalue weighted by atomic mass is 10.1. The second kappa shape index (κ2) is 13.0. The van der Waals surface area contributed by atoms with E-state index in [0.717, 1.165) is 52.9 Å². The Hall–Kier alpha value is -1.27. The molecule has 0 aliphatic heterocycles. The van der Waals surface area contributed by atoms with Crippen molar-refractivity contribution >= 4 is 28.3 Å². The highest BCUT2D eigenvalue weighted by Crippen LogP contribution is 2.35. The molecule has 0 radical (unpaired) electrons. The second-order valence-electron chi connectivity index (χ2n) is 5.83. The molecule has 0 fully saturated rings. The highest BCUT2D eigenvalue weighted by atomic mass is 79.9. The Bertz CT molecular complexity index is 640. The van der Waals surface area contributed by atoms with Crippen LogP contribution in [0.1, 0.15) is 30.4 Å². The van der Waals surface area contributed by atoms with Crippen molar-refractivity contribution < 1.29 is 14.6 Å². The minimum Gasteiger partial charge on any atom is -0.493 e. The van der Waals surface area contributed by atoms with Gasteiger partial charge in [0.25, 0.3) is 0 Å². The zero-order valence-electron chi connectivity index (χ0n) is 15.0. The number of ether oxygens (including phenoxy) is 2. The molecule has 0 aliphatic carbocycles. The van der Waals surface area contributed by atoms with E-state index in [4.69, 9.17) is 14.6 Å². The fraction of sp³-hybridized carbons (Fsp3) is 0.400. The summed E-state index contributed by atoms with van der Waals surface area (Å²) in [6, 6.07) is 14.1. The monoisotopic (exact) mass is 443 g/mol. The molecule has 0 saturated heterocycles. The smallest absolute Gasteiger partial charge is 0.166 e.